The topological polar surface area (TPSA) is 88.1 Å². The molecule has 2 fully saturated rings. The van der Waals surface area contributed by atoms with Gasteiger partial charge in [0, 0.05) is 18.3 Å². The van der Waals surface area contributed by atoms with Gasteiger partial charge in [0.1, 0.15) is 5.82 Å². The molecule has 0 saturated heterocycles. The second kappa shape index (κ2) is 13.0. The number of carbonyl (C=O) groups is 2. The number of aromatic carboxylic acids is 1. The van der Waals surface area contributed by atoms with Crippen molar-refractivity contribution in [2.45, 2.75) is 83.1 Å². The molecule has 2 atom stereocenters. The minimum absolute atomic E-state index is 0.00798. The summed E-state index contributed by atoms with van der Waals surface area (Å²) in [4.78, 5) is 26.6. The van der Waals surface area contributed by atoms with Crippen molar-refractivity contribution in [1.29, 1.82) is 0 Å². The summed E-state index contributed by atoms with van der Waals surface area (Å²) < 4.78 is 25.6. The fraction of sp³-hybridized carbons (Fsp3) is 0.517. The highest BCUT2D eigenvalue weighted by Gasteiger charge is 2.28. The van der Waals surface area contributed by atoms with Crippen LogP contribution in [-0.4, -0.2) is 53.4 Å². The Morgan fingerprint density at radius 3 is 2.41 bits per heavy atom. The lowest BCUT2D eigenvalue weighted by Crippen LogP contribution is -2.44. The fourth-order valence-electron chi connectivity index (χ4n) is 5.48. The van der Waals surface area contributed by atoms with Gasteiger partial charge in [-0.25, -0.2) is 14.0 Å². The molecule has 0 heterocycles. The van der Waals surface area contributed by atoms with E-state index in [1.165, 1.54) is 12.1 Å². The van der Waals surface area contributed by atoms with E-state index in [1.807, 2.05) is 17.0 Å². The summed E-state index contributed by atoms with van der Waals surface area (Å²) in [5, 5.41) is 12.4. The van der Waals surface area contributed by atoms with E-state index in [-0.39, 0.29) is 36.7 Å². The van der Waals surface area contributed by atoms with Crippen molar-refractivity contribution in [3.63, 3.8) is 0 Å². The Kier molecular flexibility index (Phi) is 9.52. The van der Waals surface area contributed by atoms with Crippen LogP contribution in [0.5, 0.6) is 0 Å². The van der Waals surface area contributed by atoms with Gasteiger partial charge in [-0.1, -0.05) is 31.0 Å². The van der Waals surface area contributed by atoms with Crippen LogP contribution >= 0.6 is 0 Å². The zero-order valence-corrected chi connectivity index (χ0v) is 21.5. The Bertz CT molecular complexity index is 1050. The van der Waals surface area contributed by atoms with Crippen LogP contribution in [0.25, 0.3) is 0 Å². The number of carbonyl (C=O) groups excluding carboxylic acids is 1. The third-order valence-electron chi connectivity index (χ3n) is 7.43. The van der Waals surface area contributed by atoms with Crippen molar-refractivity contribution in [3.05, 3.63) is 65.0 Å². The van der Waals surface area contributed by atoms with Gasteiger partial charge in [0.25, 0.3) is 0 Å². The number of amides is 2. The van der Waals surface area contributed by atoms with Crippen LogP contribution in [0, 0.1) is 12.7 Å². The van der Waals surface area contributed by atoms with E-state index < -0.39 is 5.97 Å². The van der Waals surface area contributed by atoms with E-state index in [4.69, 9.17) is 9.47 Å². The van der Waals surface area contributed by atoms with Crippen LogP contribution in [0.2, 0.25) is 0 Å². The second-order valence-corrected chi connectivity index (χ2v) is 10.1. The zero-order chi connectivity index (χ0) is 26.2. The minimum Gasteiger partial charge on any atom is -0.478 e. The average molecular weight is 513 g/mol. The van der Waals surface area contributed by atoms with Crippen LogP contribution in [0.4, 0.5) is 14.9 Å². The first-order valence-electron chi connectivity index (χ1n) is 13.3. The van der Waals surface area contributed by atoms with Crippen LogP contribution in [0.3, 0.4) is 0 Å². The lowest BCUT2D eigenvalue weighted by Gasteiger charge is -2.32. The summed E-state index contributed by atoms with van der Waals surface area (Å²) in [7, 11) is 0. The minimum atomic E-state index is -0.933. The van der Waals surface area contributed by atoms with Gasteiger partial charge in [-0.2, -0.15) is 0 Å². The number of anilines is 1. The van der Waals surface area contributed by atoms with E-state index in [9.17, 15) is 19.1 Å². The Labute approximate surface area is 218 Å². The molecule has 2 unspecified atom stereocenters. The molecule has 2 amide bonds. The maximum absolute atomic E-state index is 13.2. The lowest BCUT2D eigenvalue weighted by molar-refractivity contribution is -0.0531. The molecule has 4 rings (SSSR count). The number of benzene rings is 2. The number of nitrogens with zero attached hydrogens (tertiary/aromatic N) is 1. The molecule has 0 aliphatic heterocycles. The maximum Gasteiger partial charge on any atom is 0.336 e. The molecule has 37 heavy (non-hydrogen) atoms. The summed E-state index contributed by atoms with van der Waals surface area (Å²) >= 11 is 0. The van der Waals surface area contributed by atoms with E-state index >= 15 is 0 Å². The number of carboxylic acid groups (broad SMARTS) is 1. The monoisotopic (exact) mass is 512 g/mol. The number of aryl methyl sites for hydroxylation is 1. The average Bonchev–Trinajstić information content (AvgIpc) is 3.41. The Morgan fingerprint density at radius 1 is 1.00 bits per heavy atom. The molecule has 2 aromatic carbocycles. The standard InChI is InChI=1S/C29H37FN2O5/c1-20-6-4-7-21(27(20)28(33)34)19-37-26-11-5-10-25(18-26)36-17-16-32(24-8-2-3-9-24)29(35)31-23-14-12-22(30)13-15-23/h4,6-7,12-15,24-26H,2-3,5,8-11,16-19H2,1H3,(H,31,35)(H,33,34). The molecule has 2 aliphatic rings. The highest BCUT2D eigenvalue weighted by Crippen LogP contribution is 2.27. The first kappa shape index (κ1) is 27.1. The lowest BCUT2D eigenvalue weighted by atomic mass is 9.94. The van der Waals surface area contributed by atoms with Gasteiger partial charge >= 0.3 is 12.0 Å². The highest BCUT2D eigenvalue weighted by molar-refractivity contribution is 5.91. The number of carboxylic acids is 1. The van der Waals surface area contributed by atoms with Crippen molar-refractivity contribution in [2.24, 2.45) is 0 Å². The van der Waals surface area contributed by atoms with Gasteiger partial charge in [0.15, 0.2) is 0 Å². The van der Waals surface area contributed by atoms with Crippen LogP contribution in [0.1, 0.15) is 72.9 Å². The number of halogens is 1. The number of rotatable bonds is 10. The molecule has 0 bridgehead atoms. The summed E-state index contributed by atoms with van der Waals surface area (Å²) in [5.41, 5.74) is 2.31. The number of nitrogens with one attached hydrogen (secondary N) is 1. The maximum atomic E-state index is 13.2. The summed E-state index contributed by atoms with van der Waals surface area (Å²) in [6.45, 7) is 2.99. The summed E-state index contributed by atoms with van der Waals surface area (Å²) in [6.07, 6.45) is 7.82. The van der Waals surface area contributed by atoms with E-state index in [1.54, 1.807) is 25.1 Å². The molecule has 7 nitrogen and oxygen atoms in total. The molecule has 200 valence electrons. The largest absolute Gasteiger partial charge is 0.478 e. The van der Waals surface area contributed by atoms with Crippen molar-refractivity contribution in [2.75, 3.05) is 18.5 Å². The van der Waals surface area contributed by atoms with E-state index in [0.717, 1.165) is 56.9 Å². The molecule has 0 aromatic heterocycles. The van der Waals surface area contributed by atoms with Gasteiger partial charge in [-0.05, 0) is 80.8 Å². The third-order valence-corrected chi connectivity index (χ3v) is 7.43. The summed E-state index contributed by atoms with van der Waals surface area (Å²) in [6, 6.07) is 11.3. The van der Waals surface area contributed by atoms with Gasteiger partial charge in [-0.3, -0.25) is 0 Å². The Morgan fingerprint density at radius 2 is 1.70 bits per heavy atom. The van der Waals surface area contributed by atoms with Crippen molar-refractivity contribution < 1.29 is 28.6 Å². The molecule has 2 aromatic rings. The number of urea groups is 1. The molecule has 2 N–H and O–H groups in total. The van der Waals surface area contributed by atoms with E-state index in [0.29, 0.717) is 30.0 Å². The molecule has 8 heteroatoms. The first-order valence-corrected chi connectivity index (χ1v) is 13.3. The first-order chi connectivity index (χ1) is 17.9. The quantitative estimate of drug-likeness (QED) is 0.398. The van der Waals surface area contributed by atoms with Gasteiger partial charge in [0.2, 0.25) is 0 Å². The molecule has 2 aliphatic carbocycles. The van der Waals surface area contributed by atoms with Crippen LogP contribution < -0.4 is 5.32 Å². The molecule has 0 radical (unpaired) electrons. The Balaban J connectivity index is 1.27. The number of hydrogen-bond donors (Lipinski definition) is 2. The molecule has 2 saturated carbocycles. The van der Waals surface area contributed by atoms with Crippen LogP contribution in [-0.2, 0) is 16.1 Å². The van der Waals surface area contributed by atoms with Crippen LogP contribution in [0.15, 0.2) is 42.5 Å². The molecular weight excluding hydrogens is 475 g/mol. The SMILES string of the molecule is Cc1cccc(COC2CCCC(OCCN(C(=O)Nc3ccc(F)cc3)C3CCCC3)C2)c1C(=O)O. The van der Waals surface area contributed by atoms with E-state index in [2.05, 4.69) is 5.32 Å². The predicted molar refractivity (Wildman–Crippen MR) is 139 cm³/mol. The highest BCUT2D eigenvalue weighted by atomic mass is 19.1. The van der Waals surface area contributed by atoms with Gasteiger partial charge in [-0.15, -0.1) is 0 Å². The summed E-state index contributed by atoms with van der Waals surface area (Å²) in [5.74, 6) is -1.27. The second-order valence-electron chi connectivity index (χ2n) is 10.1. The van der Waals surface area contributed by atoms with Crippen molar-refractivity contribution in [1.82, 2.24) is 4.90 Å². The predicted octanol–water partition coefficient (Wildman–Crippen LogP) is 6.15. The smallest absolute Gasteiger partial charge is 0.336 e. The third kappa shape index (κ3) is 7.52. The number of hydrogen-bond acceptors (Lipinski definition) is 4. The molecule has 0 spiro atoms. The van der Waals surface area contributed by atoms with Gasteiger partial charge < -0.3 is 24.8 Å². The van der Waals surface area contributed by atoms with Crippen molar-refractivity contribution in [3.8, 4) is 0 Å². The normalized spacial score (nSPS) is 20.1. The molecular formula is C29H37FN2O5. The Hall–Kier alpha value is -2.97. The number of ether oxygens (including phenoxy) is 2. The zero-order valence-electron chi connectivity index (χ0n) is 21.5. The van der Waals surface area contributed by atoms with Crippen molar-refractivity contribution >= 4 is 17.7 Å². The van der Waals surface area contributed by atoms with Gasteiger partial charge in [0.05, 0.1) is 31.0 Å². The fourth-order valence-corrected chi connectivity index (χ4v) is 5.48.